The van der Waals surface area contributed by atoms with E-state index in [1.165, 1.54) is 0 Å². The third kappa shape index (κ3) is 6.78. The van der Waals surface area contributed by atoms with E-state index in [2.05, 4.69) is 22.2 Å². The Morgan fingerprint density at radius 1 is 0.895 bits per heavy atom. The number of carbonyl (C=O) groups is 2. The lowest BCUT2D eigenvalue weighted by Crippen LogP contribution is -2.36. The van der Waals surface area contributed by atoms with Gasteiger partial charge in [-0.3, -0.25) is 9.59 Å². The van der Waals surface area contributed by atoms with E-state index in [4.69, 9.17) is 0 Å². The molecule has 38 heavy (non-hydrogen) atoms. The molecule has 1 fully saturated rings. The molecule has 1 saturated heterocycles. The monoisotopic (exact) mass is 509 g/mol. The maximum Gasteiger partial charge on any atom is 0.255 e. The molecule has 0 saturated carbocycles. The van der Waals surface area contributed by atoms with Crippen LogP contribution < -0.4 is 10.2 Å². The number of amides is 2. The lowest BCUT2D eigenvalue weighted by Gasteiger charge is -2.35. The minimum atomic E-state index is -0.123. The van der Waals surface area contributed by atoms with Gasteiger partial charge in [-0.1, -0.05) is 61.5 Å². The topological polar surface area (TPSA) is 69.7 Å². The van der Waals surface area contributed by atoms with Crippen molar-refractivity contribution in [1.29, 1.82) is 0 Å². The van der Waals surface area contributed by atoms with Crippen molar-refractivity contribution >= 4 is 29.1 Å². The van der Waals surface area contributed by atoms with Crippen molar-refractivity contribution in [2.24, 2.45) is 0 Å². The Morgan fingerprint density at radius 3 is 2.18 bits per heavy atom. The molecule has 4 rings (SSSR count). The first-order valence-electron chi connectivity index (χ1n) is 13.4. The molecule has 0 aliphatic carbocycles. The second kappa shape index (κ2) is 13.4. The number of nitrogens with one attached hydrogen (secondary N) is 1. The van der Waals surface area contributed by atoms with Gasteiger partial charge in [0.25, 0.3) is 5.91 Å². The second-order valence-corrected chi connectivity index (χ2v) is 9.60. The van der Waals surface area contributed by atoms with Gasteiger partial charge in [0, 0.05) is 49.4 Å². The van der Waals surface area contributed by atoms with Crippen LogP contribution in [0.5, 0.6) is 0 Å². The van der Waals surface area contributed by atoms with Crippen LogP contribution in [-0.4, -0.2) is 42.3 Å². The molecular weight excluding hydrogens is 474 g/mol. The molecule has 6 heteroatoms. The number of rotatable bonds is 10. The van der Waals surface area contributed by atoms with E-state index >= 15 is 0 Å². The quantitative estimate of drug-likeness (QED) is 0.338. The third-order valence-electron chi connectivity index (χ3n) is 7.08. The minimum Gasteiger partial charge on any atom is -0.366 e. The van der Waals surface area contributed by atoms with Gasteiger partial charge in [-0.2, -0.15) is 0 Å². The van der Waals surface area contributed by atoms with Crippen LogP contribution >= 0.6 is 0 Å². The van der Waals surface area contributed by atoms with Gasteiger partial charge in [-0.25, -0.2) is 4.79 Å². The summed E-state index contributed by atoms with van der Waals surface area (Å²) < 4.78 is 0. The number of likely N-dealkylation sites (tertiary alicyclic amines) is 1. The highest BCUT2D eigenvalue weighted by molar-refractivity contribution is 6.04. The Morgan fingerprint density at radius 2 is 1.53 bits per heavy atom. The highest BCUT2D eigenvalue weighted by atomic mass is 16.2. The van der Waals surface area contributed by atoms with Gasteiger partial charge < -0.3 is 15.1 Å². The van der Waals surface area contributed by atoms with Gasteiger partial charge in [0.15, 0.2) is 0 Å². The Labute approximate surface area is 225 Å². The van der Waals surface area contributed by atoms with Crippen LogP contribution in [0.25, 0.3) is 0 Å². The predicted octanol–water partition coefficient (Wildman–Crippen LogP) is 6.06. The van der Waals surface area contributed by atoms with Crippen LogP contribution in [0.3, 0.4) is 0 Å². The highest BCUT2D eigenvalue weighted by Gasteiger charge is 2.25. The number of anilines is 2. The van der Waals surface area contributed by atoms with Crippen LogP contribution in [0.15, 0.2) is 90.6 Å². The zero-order valence-electron chi connectivity index (χ0n) is 21.9. The van der Waals surface area contributed by atoms with Crippen molar-refractivity contribution in [3.63, 3.8) is 0 Å². The first-order valence-corrected chi connectivity index (χ1v) is 13.4. The van der Waals surface area contributed by atoms with Gasteiger partial charge in [-0.15, -0.1) is 0 Å². The zero-order valence-corrected chi connectivity index (χ0v) is 21.9. The smallest absolute Gasteiger partial charge is 0.255 e. The summed E-state index contributed by atoms with van der Waals surface area (Å²) in [6, 6.07) is 26.8. The van der Waals surface area contributed by atoms with Crippen LogP contribution in [0.2, 0.25) is 0 Å². The van der Waals surface area contributed by atoms with Crippen LogP contribution in [0.4, 0.5) is 11.4 Å². The molecule has 6 nitrogen and oxygen atoms in total. The Kier molecular flexibility index (Phi) is 9.49. The normalized spacial score (nSPS) is 13.4. The summed E-state index contributed by atoms with van der Waals surface area (Å²) in [5.41, 5.74) is 4.04. The van der Waals surface area contributed by atoms with E-state index in [9.17, 15) is 14.4 Å². The Balaban J connectivity index is 1.38. The first kappa shape index (κ1) is 26.9. The van der Waals surface area contributed by atoms with Gasteiger partial charge in [0.05, 0.1) is 0 Å². The van der Waals surface area contributed by atoms with Crippen LogP contribution in [0, 0.1) is 0 Å². The molecular formula is C32H35N3O3. The maximum atomic E-state index is 12.8. The molecule has 0 aromatic heterocycles. The molecule has 0 unspecified atom stereocenters. The summed E-state index contributed by atoms with van der Waals surface area (Å²) in [5.74, 6) is 2.38. The predicted molar refractivity (Wildman–Crippen MR) is 152 cm³/mol. The molecule has 0 bridgehead atoms. The molecule has 1 aliphatic heterocycles. The summed E-state index contributed by atoms with van der Waals surface area (Å²) in [7, 11) is 0. The first-order chi connectivity index (χ1) is 18.6. The number of nitrogens with zero attached hydrogens (tertiary/aromatic N) is 2. The molecule has 1 aliphatic rings. The van der Waals surface area contributed by atoms with Crippen molar-refractivity contribution in [3.8, 4) is 0 Å². The average molecular weight is 510 g/mol. The summed E-state index contributed by atoms with van der Waals surface area (Å²) >= 11 is 0. The van der Waals surface area contributed by atoms with Crippen LogP contribution in [-0.2, 0) is 9.59 Å². The number of piperidine rings is 1. The van der Waals surface area contributed by atoms with Crippen molar-refractivity contribution < 1.29 is 14.4 Å². The van der Waals surface area contributed by atoms with Crippen molar-refractivity contribution in [2.75, 3.05) is 29.9 Å². The molecule has 0 radical (unpaired) electrons. The fourth-order valence-corrected chi connectivity index (χ4v) is 5.06. The molecule has 1 N–H and O–H groups in total. The van der Waals surface area contributed by atoms with E-state index in [1.54, 1.807) is 17.0 Å². The van der Waals surface area contributed by atoms with Crippen molar-refractivity contribution in [2.45, 2.75) is 44.9 Å². The molecule has 2 amide bonds. The molecule has 196 valence electrons. The number of carbonyl (C=O) groups excluding carboxylic acids is 3. The Bertz CT molecular complexity index is 1260. The van der Waals surface area contributed by atoms with E-state index in [1.807, 2.05) is 73.7 Å². The lowest BCUT2D eigenvalue weighted by atomic mass is 9.88. The van der Waals surface area contributed by atoms with Crippen molar-refractivity contribution in [3.05, 3.63) is 102 Å². The van der Waals surface area contributed by atoms with Crippen molar-refractivity contribution in [1.82, 2.24) is 4.90 Å². The van der Waals surface area contributed by atoms with Gasteiger partial charge in [-0.05, 0) is 61.1 Å². The maximum absolute atomic E-state index is 12.8. The lowest BCUT2D eigenvalue weighted by molar-refractivity contribution is -0.118. The number of benzene rings is 3. The Hall–Kier alpha value is -4.15. The summed E-state index contributed by atoms with van der Waals surface area (Å²) in [6.07, 6.45) is 3.43. The SMILES string of the molecule is CCCC(=O)N(CCC(=C=O)N1CCC(c2ccccc2NC(=O)c2ccccc2)CC1)c1ccccc1. The molecule has 3 aromatic carbocycles. The average Bonchev–Trinajstić information content (AvgIpc) is 2.97. The molecule has 3 aromatic rings. The van der Waals surface area contributed by atoms with Gasteiger partial charge in [0.2, 0.25) is 5.91 Å². The van der Waals surface area contributed by atoms with Gasteiger partial charge >= 0.3 is 0 Å². The standard InChI is InChI=1S/C32H35N3O3/c1-2-11-31(37)35(27-14-7-4-8-15-27)23-20-28(24-36)34-21-18-25(19-22-34)29-16-9-10-17-30(29)33-32(38)26-12-5-3-6-13-26/h3-10,12-17,25H,2,11,18-23H2,1H3,(H,33,38). The third-order valence-corrected chi connectivity index (χ3v) is 7.08. The second-order valence-electron chi connectivity index (χ2n) is 9.60. The largest absolute Gasteiger partial charge is 0.366 e. The highest BCUT2D eigenvalue weighted by Crippen LogP contribution is 2.34. The summed E-state index contributed by atoms with van der Waals surface area (Å²) in [5, 5.41) is 3.08. The fraction of sp³-hybridized carbons (Fsp3) is 0.312. The molecule has 0 spiro atoms. The summed E-state index contributed by atoms with van der Waals surface area (Å²) in [4.78, 5) is 41.4. The number of hydrogen-bond acceptors (Lipinski definition) is 4. The zero-order chi connectivity index (χ0) is 26.7. The minimum absolute atomic E-state index is 0.0665. The van der Waals surface area contributed by atoms with Gasteiger partial charge in [0.1, 0.15) is 11.6 Å². The number of hydrogen-bond donors (Lipinski definition) is 1. The number of para-hydroxylation sites is 2. The fourth-order valence-electron chi connectivity index (χ4n) is 5.06. The molecule has 1 heterocycles. The van der Waals surface area contributed by atoms with E-state index < -0.39 is 0 Å². The summed E-state index contributed by atoms with van der Waals surface area (Å²) in [6.45, 7) is 3.89. The van der Waals surface area contributed by atoms with E-state index in [0.717, 1.165) is 49.3 Å². The van der Waals surface area contributed by atoms with Crippen LogP contribution in [0.1, 0.15) is 60.9 Å². The molecule has 0 atom stereocenters. The van der Waals surface area contributed by atoms with E-state index in [0.29, 0.717) is 30.6 Å². The van der Waals surface area contributed by atoms with E-state index in [-0.39, 0.29) is 17.7 Å².